The van der Waals surface area contributed by atoms with Crippen LogP contribution in [0.4, 0.5) is 4.39 Å². The number of benzene rings is 2. The Morgan fingerprint density at radius 3 is 2.66 bits per heavy atom. The number of rotatable bonds is 7. The molecule has 0 saturated heterocycles. The predicted octanol–water partition coefficient (Wildman–Crippen LogP) is 5.56. The van der Waals surface area contributed by atoms with Gasteiger partial charge in [0.25, 0.3) is 0 Å². The summed E-state index contributed by atoms with van der Waals surface area (Å²) in [4.78, 5) is 7.47. The maximum atomic E-state index is 13.1. The van der Waals surface area contributed by atoms with Crippen LogP contribution in [0.5, 0.6) is 5.75 Å². The minimum absolute atomic E-state index is 0.236. The van der Waals surface area contributed by atoms with Crippen molar-refractivity contribution in [2.45, 2.75) is 20.4 Å². The molecule has 0 spiro atoms. The number of nitrogens with zero attached hydrogens (tertiary/aromatic N) is 1. The van der Waals surface area contributed by atoms with Crippen LogP contribution in [0.3, 0.4) is 0 Å². The van der Waals surface area contributed by atoms with Gasteiger partial charge in [-0.1, -0.05) is 32.0 Å². The number of hydrogen-bond donors (Lipinski definition) is 2. The van der Waals surface area contributed by atoms with Crippen molar-refractivity contribution in [1.82, 2.24) is 15.3 Å². The third kappa shape index (κ3) is 5.42. The van der Waals surface area contributed by atoms with E-state index in [1.54, 1.807) is 18.3 Å². The van der Waals surface area contributed by atoms with Crippen molar-refractivity contribution in [1.29, 1.82) is 0 Å². The van der Waals surface area contributed by atoms with Crippen molar-refractivity contribution in [2.75, 3.05) is 13.2 Å². The summed E-state index contributed by atoms with van der Waals surface area (Å²) in [5, 5.41) is 4.46. The fourth-order valence-corrected chi connectivity index (χ4v) is 3.03. The molecule has 0 atom stereocenters. The Balaban J connectivity index is 0.00000117. The van der Waals surface area contributed by atoms with Crippen LogP contribution >= 0.6 is 0 Å². The first-order chi connectivity index (χ1) is 14.3. The van der Waals surface area contributed by atoms with Crippen LogP contribution in [0, 0.1) is 5.82 Å². The molecule has 2 aromatic heterocycles. The molecular weight excluding hydrogens is 365 g/mol. The smallest absolute Gasteiger partial charge is 0.128 e. The lowest BCUT2D eigenvalue weighted by Gasteiger charge is -2.09. The van der Waals surface area contributed by atoms with Crippen LogP contribution < -0.4 is 10.1 Å². The van der Waals surface area contributed by atoms with E-state index in [1.165, 1.54) is 12.1 Å². The van der Waals surface area contributed by atoms with E-state index in [4.69, 9.17) is 4.74 Å². The van der Waals surface area contributed by atoms with E-state index in [2.05, 4.69) is 21.4 Å². The zero-order chi connectivity index (χ0) is 20.5. The number of H-pyrrole nitrogens is 1. The number of ether oxygens (including phenoxy) is 1. The van der Waals surface area contributed by atoms with E-state index in [9.17, 15) is 4.39 Å². The lowest BCUT2D eigenvalue weighted by atomic mass is 10.1. The summed E-state index contributed by atoms with van der Waals surface area (Å²) in [6.45, 7) is 6.00. The monoisotopic (exact) mass is 391 g/mol. The topological polar surface area (TPSA) is 49.9 Å². The Hall–Kier alpha value is -3.18. The number of pyridine rings is 1. The number of halogens is 1. The SMILES string of the molecule is CC.Fc1ccc(-c2cncc(CNCCOc3cccc4[nH]ccc34)c2)cc1. The van der Waals surface area contributed by atoms with Crippen LogP contribution in [0.25, 0.3) is 22.0 Å². The molecule has 0 saturated carbocycles. The van der Waals surface area contributed by atoms with E-state index in [-0.39, 0.29) is 5.82 Å². The fourth-order valence-electron chi connectivity index (χ4n) is 3.03. The van der Waals surface area contributed by atoms with Gasteiger partial charge < -0.3 is 15.0 Å². The van der Waals surface area contributed by atoms with Crippen molar-refractivity contribution >= 4 is 10.9 Å². The van der Waals surface area contributed by atoms with Gasteiger partial charge in [0.2, 0.25) is 0 Å². The van der Waals surface area contributed by atoms with E-state index < -0.39 is 0 Å². The van der Waals surface area contributed by atoms with Gasteiger partial charge in [0.05, 0.1) is 0 Å². The molecule has 5 heteroatoms. The maximum absolute atomic E-state index is 13.1. The summed E-state index contributed by atoms with van der Waals surface area (Å²) in [5.41, 5.74) is 4.08. The average molecular weight is 391 g/mol. The normalized spacial score (nSPS) is 10.4. The highest BCUT2D eigenvalue weighted by molar-refractivity contribution is 5.85. The lowest BCUT2D eigenvalue weighted by Crippen LogP contribution is -2.20. The molecule has 0 bridgehead atoms. The molecule has 0 unspecified atom stereocenters. The first-order valence-electron chi connectivity index (χ1n) is 9.89. The Morgan fingerprint density at radius 1 is 1.00 bits per heavy atom. The molecule has 150 valence electrons. The lowest BCUT2D eigenvalue weighted by molar-refractivity contribution is 0.317. The number of nitrogens with one attached hydrogen (secondary N) is 2. The Kier molecular flexibility index (Phi) is 7.36. The van der Waals surface area contributed by atoms with Crippen molar-refractivity contribution in [2.24, 2.45) is 0 Å². The Morgan fingerprint density at radius 2 is 1.83 bits per heavy atom. The first-order valence-corrected chi connectivity index (χ1v) is 9.89. The number of hydrogen-bond acceptors (Lipinski definition) is 3. The molecule has 4 aromatic rings. The molecular formula is C24H26FN3O. The van der Waals surface area contributed by atoms with Crippen molar-refractivity contribution in [3.63, 3.8) is 0 Å². The van der Waals surface area contributed by atoms with E-state index in [1.807, 2.05) is 50.5 Å². The third-order valence-corrected chi connectivity index (χ3v) is 4.39. The summed E-state index contributed by atoms with van der Waals surface area (Å²) in [7, 11) is 0. The number of aromatic amines is 1. The molecule has 0 aliphatic carbocycles. The predicted molar refractivity (Wildman–Crippen MR) is 116 cm³/mol. The highest BCUT2D eigenvalue weighted by Crippen LogP contribution is 2.24. The first kappa shape index (κ1) is 20.6. The summed E-state index contributed by atoms with van der Waals surface area (Å²) >= 11 is 0. The third-order valence-electron chi connectivity index (χ3n) is 4.39. The summed E-state index contributed by atoms with van der Waals surface area (Å²) in [6, 6.07) is 16.5. The summed E-state index contributed by atoms with van der Waals surface area (Å²) < 4.78 is 19.0. The second-order valence-corrected chi connectivity index (χ2v) is 6.31. The zero-order valence-electron chi connectivity index (χ0n) is 16.8. The average Bonchev–Trinajstić information content (AvgIpc) is 3.25. The van der Waals surface area contributed by atoms with E-state index >= 15 is 0 Å². The van der Waals surface area contributed by atoms with Gasteiger partial charge in [0.1, 0.15) is 18.2 Å². The molecule has 0 fully saturated rings. The molecule has 0 aliphatic rings. The molecule has 4 rings (SSSR count). The highest BCUT2D eigenvalue weighted by atomic mass is 19.1. The van der Waals surface area contributed by atoms with Crippen LogP contribution in [-0.2, 0) is 6.54 Å². The quantitative estimate of drug-likeness (QED) is 0.405. The Labute approximate surface area is 170 Å². The van der Waals surface area contributed by atoms with Gasteiger partial charge in [0, 0.05) is 48.1 Å². The molecule has 0 aliphatic heterocycles. The second-order valence-electron chi connectivity index (χ2n) is 6.31. The van der Waals surface area contributed by atoms with Gasteiger partial charge in [-0.05, 0) is 47.5 Å². The molecule has 2 heterocycles. The van der Waals surface area contributed by atoms with Gasteiger partial charge in [-0.3, -0.25) is 4.98 Å². The van der Waals surface area contributed by atoms with E-state index in [0.717, 1.165) is 39.9 Å². The van der Waals surface area contributed by atoms with Crippen LogP contribution in [-0.4, -0.2) is 23.1 Å². The summed E-state index contributed by atoms with van der Waals surface area (Å²) in [5.74, 6) is 0.649. The fraction of sp³-hybridized carbons (Fsp3) is 0.208. The highest BCUT2D eigenvalue weighted by Gasteiger charge is 2.03. The standard InChI is InChI=1S/C22H20FN3O.C2H6/c23-19-6-4-17(5-7-19)18-12-16(14-25-15-18)13-24-10-11-27-22-3-1-2-21-20(22)8-9-26-21;1-2/h1-9,12,14-15,24,26H,10-11,13H2;1-2H3. The number of aromatic nitrogens is 2. The molecule has 0 amide bonds. The molecule has 0 radical (unpaired) electrons. The number of fused-ring (bicyclic) bond motifs is 1. The second kappa shape index (κ2) is 10.4. The maximum Gasteiger partial charge on any atom is 0.128 e. The van der Waals surface area contributed by atoms with Gasteiger partial charge in [-0.15, -0.1) is 0 Å². The van der Waals surface area contributed by atoms with Crippen molar-refractivity contribution in [3.05, 3.63) is 84.6 Å². The van der Waals surface area contributed by atoms with Gasteiger partial charge in [-0.25, -0.2) is 4.39 Å². The molecule has 4 nitrogen and oxygen atoms in total. The molecule has 2 N–H and O–H groups in total. The van der Waals surface area contributed by atoms with Gasteiger partial charge in [-0.2, -0.15) is 0 Å². The van der Waals surface area contributed by atoms with Crippen LogP contribution in [0.15, 0.2) is 73.2 Å². The molecule has 2 aromatic carbocycles. The van der Waals surface area contributed by atoms with E-state index in [0.29, 0.717) is 13.2 Å². The van der Waals surface area contributed by atoms with Gasteiger partial charge in [0.15, 0.2) is 0 Å². The Bertz CT molecular complexity index is 1030. The van der Waals surface area contributed by atoms with Crippen molar-refractivity contribution < 1.29 is 9.13 Å². The van der Waals surface area contributed by atoms with Gasteiger partial charge >= 0.3 is 0 Å². The van der Waals surface area contributed by atoms with Crippen LogP contribution in [0.1, 0.15) is 19.4 Å². The minimum atomic E-state index is -0.236. The molecule has 29 heavy (non-hydrogen) atoms. The zero-order valence-corrected chi connectivity index (χ0v) is 16.8. The summed E-state index contributed by atoms with van der Waals surface area (Å²) in [6.07, 6.45) is 5.54. The van der Waals surface area contributed by atoms with Crippen LogP contribution in [0.2, 0.25) is 0 Å². The van der Waals surface area contributed by atoms with Crippen molar-refractivity contribution in [3.8, 4) is 16.9 Å². The minimum Gasteiger partial charge on any atom is -0.492 e. The largest absolute Gasteiger partial charge is 0.492 e.